The maximum atomic E-state index is 12.1. The summed E-state index contributed by atoms with van der Waals surface area (Å²) >= 11 is 1.55. The Labute approximate surface area is 92.4 Å². The molecule has 0 unspecified atom stereocenters. The second-order valence-electron chi connectivity index (χ2n) is 3.33. The molecule has 15 heavy (non-hydrogen) atoms. The molecule has 0 aliphatic rings. The van der Waals surface area contributed by atoms with E-state index >= 15 is 0 Å². The molecule has 0 bridgehead atoms. The summed E-state index contributed by atoms with van der Waals surface area (Å²) in [5.74, 6) is 0.0631. The van der Waals surface area contributed by atoms with Crippen molar-refractivity contribution in [3.8, 4) is 0 Å². The first-order chi connectivity index (χ1) is 7.24. The van der Waals surface area contributed by atoms with Gasteiger partial charge in [0, 0.05) is 23.7 Å². The monoisotopic (exact) mass is 220 g/mol. The van der Waals surface area contributed by atoms with E-state index in [-0.39, 0.29) is 5.78 Å². The lowest BCUT2D eigenvalue weighted by molar-refractivity contribution is 0.102. The Balaban J connectivity index is 2.41. The highest BCUT2D eigenvalue weighted by Gasteiger charge is 2.15. The number of carbonyl (C=O) groups is 1. The van der Waals surface area contributed by atoms with E-state index in [4.69, 9.17) is 0 Å². The average molecular weight is 220 g/mol. The zero-order valence-electron chi connectivity index (χ0n) is 8.73. The number of rotatable bonds is 3. The van der Waals surface area contributed by atoms with Crippen LogP contribution in [0.4, 0.5) is 0 Å². The Morgan fingerprint density at radius 3 is 2.93 bits per heavy atom. The van der Waals surface area contributed by atoms with Gasteiger partial charge in [0.05, 0.1) is 0 Å². The molecule has 2 aromatic heterocycles. The van der Waals surface area contributed by atoms with Crippen LogP contribution in [0.2, 0.25) is 0 Å². The standard InChI is InChI=1S/C11H12N2OS/c1-3-13-10(4-5-12-13)11(14)9-7-15-6-8(9)2/h4-7H,3H2,1-2H3. The highest BCUT2D eigenvalue weighted by Crippen LogP contribution is 2.17. The van der Waals surface area contributed by atoms with Crippen molar-refractivity contribution in [1.29, 1.82) is 0 Å². The summed E-state index contributed by atoms with van der Waals surface area (Å²) in [5.41, 5.74) is 2.49. The van der Waals surface area contributed by atoms with Gasteiger partial charge in [-0.25, -0.2) is 0 Å². The Hall–Kier alpha value is -1.42. The predicted molar refractivity (Wildman–Crippen MR) is 60.4 cm³/mol. The van der Waals surface area contributed by atoms with Crippen molar-refractivity contribution in [3.63, 3.8) is 0 Å². The van der Waals surface area contributed by atoms with E-state index in [0.29, 0.717) is 5.69 Å². The molecule has 0 saturated carbocycles. The summed E-state index contributed by atoms with van der Waals surface area (Å²) in [5, 5.41) is 7.97. The van der Waals surface area contributed by atoms with E-state index in [9.17, 15) is 4.79 Å². The van der Waals surface area contributed by atoms with Crippen LogP contribution in [0.1, 0.15) is 28.5 Å². The maximum Gasteiger partial charge on any atom is 0.212 e. The molecular weight excluding hydrogens is 208 g/mol. The summed E-state index contributed by atoms with van der Waals surface area (Å²) in [6.07, 6.45) is 1.67. The smallest absolute Gasteiger partial charge is 0.212 e. The third-order valence-electron chi connectivity index (χ3n) is 2.35. The molecule has 0 fully saturated rings. The minimum atomic E-state index is 0.0631. The van der Waals surface area contributed by atoms with E-state index in [1.807, 2.05) is 24.6 Å². The minimum Gasteiger partial charge on any atom is -0.287 e. The molecule has 78 valence electrons. The fourth-order valence-electron chi connectivity index (χ4n) is 1.51. The Bertz CT molecular complexity index is 484. The van der Waals surface area contributed by atoms with Crippen LogP contribution in [0.15, 0.2) is 23.0 Å². The largest absolute Gasteiger partial charge is 0.287 e. The van der Waals surface area contributed by atoms with Crippen molar-refractivity contribution in [2.45, 2.75) is 20.4 Å². The SMILES string of the molecule is CCn1nccc1C(=O)c1cscc1C. The summed E-state index contributed by atoms with van der Waals surface area (Å²) in [4.78, 5) is 12.1. The third-order valence-corrected chi connectivity index (χ3v) is 3.21. The summed E-state index contributed by atoms with van der Waals surface area (Å²) in [6.45, 7) is 4.65. The molecule has 0 aliphatic heterocycles. The van der Waals surface area contributed by atoms with Crippen molar-refractivity contribution in [2.24, 2.45) is 0 Å². The van der Waals surface area contributed by atoms with Crippen LogP contribution in [0.3, 0.4) is 0 Å². The first-order valence-corrected chi connectivity index (χ1v) is 5.77. The number of aryl methyl sites for hydroxylation is 2. The zero-order chi connectivity index (χ0) is 10.8. The predicted octanol–water partition coefficient (Wildman–Crippen LogP) is 2.50. The van der Waals surface area contributed by atoms with Crippen LogP contribution in [0.25, 0.3) is 0 Å². The molecule has 0 aliphatic carbocycles. The molecule has 3 nitrogen and oxygen atoms in total. The van der Waals surface area contributed by atoms with Crippen LogP contribution in [0.5, 0.6) is 0 Å². The molecule has 2 heterocycles. The highest BCUT2D eigenvalue weighted by atomic mass is 32.1. The second-order valence-corrected chi connectivity index (χ2v) is 4.07. The lowest BCUT2D eigenvalue weighted by Crippen LogP contribution is -2.10. The van der Waals surface area contributed by atoms with Crippen molar-refractivity contribution < 1.29 is 4.79 Å². The minimum absolute atomic E-state index is 0.0631. The quantitative estimate of drug-likeness (QED) is 0.745. The highest BCUT2D eigenvalue weighted by molar-refractivity contribution is 7.08. The molecule has 0 spiro atoms. The molecule has 0 radical (unpaired) electrons. The molecule has 4 heteroatoms. The fraction of sp³-hybridized carbons (Fsp3) is 0.273. The number of hydrogen-bond acceptors (Lipinski definition) is 3. The summed E-state index contributed by atoms with van der Waals surface area (Å²) in [7, 11) is 0. The molecule has 0 amide bonds. The van der Waals surface area contributed by atoms with Gasteiger partial charge in [0.2, 0.25) is 5.78 Å². The van der Waals surface area contributed by atoms with Gasteiger partial charge in [-0.05, 0) is 30.9 Å². The van der Waals surface area contributed by atoms with Crippen molar-refractivity contribution >= 4 is 17.1 Å². The summed E-state index contributed by atoms with van der Waals surface area (Å²) in [6, 6.07) is 1.77. The normalized spacial score (nSPS) is 10.5. The van der Waals surface area contributed by atoms with Crippen LogP contribution in [-0.2, 0) is 6.54 Å². The molecule has 0 saturated heterocycles. The molecular formula is C11H12N2OS. The lowest BCUT2D eigenvalue weighted by Gasteiger charge is -2.02. The van der Waals surface area contributed by atoms with Gasteiger partial charge in [0.25, 0.3) is 0 Å². The summed E-state index contributed by atoms with van der Waals surface area (Å²) < 4.78 is 1.72. The van der Waals surface area contributed by atoms with Gasteiger partial charge in [0.1, 0.15) is 5.69 Å². The van der Waals surface area contributed by atoms with Crippen molar-refractivity contribution in [2.75, 3.05) is 0 Å². The lowest BCUT2D eigenvalue weighted by atomic mass is 10.1. The van der Waals surface area contributed by atoms with Crippen LogP contribution < -0.4 is 0 Å². The Kier molecular flexibility index (Phi) is 2.68. The fourth-order valence-corrected chi connectivity index (χ4v) is 2.34. The second kappa shape index (κ2) is 3.98. The first-order valence-electron chi connectivity index (χ1n) is 4.83. The number of thiophene rings is 1. The van der Waals surface area contributed by atoms with Crippen LogP contribution in [0, 0.1) is 6.92 Å². The first kappa shape index (κ1) is 10.1. The van der Waals surface area contributed by atoms with Gasteiger partial charge < -0.3 is 0 Å². The number of carbonyl (C=O) groups excluding carboxylic acids is 1. The number of aromatic nitrogens is 2. The van der Waals surface area contributed by atoms with Gasteiger partial charge >= 0.3 is 0 Å². The van der Waals surface area contributed by atoms with E-state index in [1.54, 1.807) is 28.3 Å². The van der Waals surface area contributed by atoms with Crippen molar-refractivity contribution in [3.05, 3.63) is 39.8 Å². The maximum absolute atomic E-state index is 12.1. The van der Waals surface area contributed by atoms with E-state index < -0.39 is 0 Å². The van der Waals surface area contributed by atoms with Crippen LogP contribution >= 0.6 is 11.3 Å². The Morgan fingerprint density at radius 1 is 1.53 bits per heavy atom. The number of ketones is 1. The van der Waals surface area contributed by atoms with Crippen LogP contribution in [-0.4, -0.2) is 15.6 Å². The number of nitrogens with zero attached hydrogens (tertiary/aromatic N) is 2. The van der Waals surface area contributed by atoms with Crippen molar-refractivity contribution in [1.82, 2.24) is 9.78 Å². The van der Waals surface area contributed by atoms with Gasteiger partial charge in [-0.2, -0.15) is 16.4 Å². The van der Waals surface area contributed by atoms with E-state index in [1.165, 1.54) is 0 Å². The van der Waals surface area contributed by atoms with E-state index in [0.717, 1.165) is 17.7 Å². The number of hydrogen-bond donors (Lipinski definition) is 0. The Morgan fingerprint density at radius 2 is 2.33 bits per heavy atom. The topological polar surface area (TPSA) is 34.9 Å². The zero-order valence-corrected chi connectivity index (χ0v) is 9.54. The van der Waals surface area contributed by atoms with Gasteiger partial charge in [0.15, 0.2) is 0 Å². The molecule has 2 aromatic rings. The van der Waals surface area contributed by atoms with Gasteiger partial charge in [-0.3, -0.25) is 9.48 Å². The third kappa shape index (κ3) is 1.72. The molecule has 0 N–H and O–H groups in total. The molecule has 2 rings (SSSR count). The molecule has 0 atom stereocenters. The van der Waals surface area contributed by atoms with E-state index in [2.05, 4.69) is 5.10 Å². The van der Waals surface area contributed by atoms with Gasteiger partial charge in [-0.15, -0.1) is 0 Å². The molecule has 0 aromatic carbocycles. The average Bonchev–Trinajstić information content (AvgIpc) is 2.84. The van der Waals surface area contributed by atoms with Gasteiger partial charge in [-0.1, -0.05) is 0 Å².